The van der Waals surface area contributed by atoms with E-state index in [0.717, 1.165) is 17.7 Å². The smallest absolute Gasteiger partial charge is 0.290 e. The minimum atomic E-state index is -0.582. The Balaban J connectivity index is 2.65. The molecule has 2 aromatic rings. The second-order valence-corrected chi connectivity index (χ2v) is 4.90. The summed E-state index contributed by atoms with van der Waals surface area (Å²) in [5, 5.41) is 0. The Morgan fingerprint density at radius 1 is 1.18 bits per heavy atom. The van der Waals surface area contributed by atoms with E-state index in [1.807, 2.05) is 6.92 Å². The first-order chi connectivity index (χ1) is 10.4. The number of aromatic nitrogens is 4. The van der Waals surface area contributed by atoms with Gasteiger partial charge in [-0.3, -0.25) is 28.9 Å². The lowest BCUT2D eigenvalue weighted by Gasteiger charge is -2.14. The second kappa shape index (κ2) is 5.96. The van der Waals surface area contributed by atoms with Crippen LogP contribution >= 0.6 is 0 Å². The SMILES string of the molecule is CCCCn1c(=O)[nH]c2nc(N(C(C)=O)C(C)=O)[nH]c(=O)c21. The highest BCUT2D eigenvalue weighted by Crippen LogP contribution is 2.10. The van der Waals surface area contributed by atoms with E-state index >= 15 is 0 Å². The lowest BCUT2D eigenvalue weighted by atomic mass is 10.3. The number of anilines is 1. The monoisotopic (exact) mass is 307 g/mol. The molecule has 0 aliphatic rings. The zero-order chi connectivity index (χ0) is 16.4. The maximum Gasteiger partial charge on any atom is 0.327 e. The quantitative estimate of drug-likeness (QED) is 0.830. The largest absolute Gasteiger partial charge is 0.327 e. The number of fused-ring (bicyclic) bond motifs is 1. The van der Waals surface area contributed by atoms with Crippen molar-refractivity contribution < 1.29 is 9.59 Å². The fourth-order valence-corrected chi connectivity index (χ4v) is 2.22. The Bertz CT molecular complexity index is 830. The molecule has 0 saturated heterocycles. The minimum Gasteiger partial charge on any atom is -0.290 e. The number of unbranched alkanes of at least 4 members (excludes halogenated alkanes) is 1. The van der Waals surface area contributed by atoms with E-state index < -0.39 is 23.1 Å². The molecule has 0 radical (unpaired) electrons. The maximum absolute atomic E-state index is 12.2. The molecule has 0 aliphatic heterocycles. The number of nitrogens with one attached hydrogen (secondary N) is 2. The van der Waals surface area contributed by atoms with Gasteiger partial charge in [-0.15, -0.1) is 0 Å². The highest BCUT2D eigenvalue weighted by Gasteiger charge is 2.21. The number of hydrogen-bond acceptors (Lipinski definition) is 5. The molecule has 0 spiro atoms. The Morgan fingerprint density at radius 2 is 1.82 bits per heavy atom. The van der Waals surface area contributed by atoms with Gasteiger partial charge < -0.3 is 0 Å². The van der Waals surface area contributed by atoms with Crippen LogP contribution in [0.5, 0.6) is 0 Å². The van der Waals surface area contributed by atoms with Crippen molar-refractivity contribution in [1.82, 2.24) is 19.5 Å². The Hall–Kier alpha value is -2.71. The number of carbonyl (C=O) groups is 2. The van der Waals surface area contributed by atoms with Crippen molar-refractivity contribution in [2.24, 2.45) is 0 Å². The summed E-state index contributed by atoms with van der Waals surface area (Å²) < 4.78 is 1.31. The van der Waals surface area contributed by atoms with Crippen LogP contribution in [0.4, 0.5) is 5.95 Å². The summed E-state index contributed by atoms with van der Waals surface area (Å²) in [5.74, 6) is -1.37. The third kappa shape index (κ3) is 2.69. The summed E-state index contributed by atoms with van der Waals surface area (Å²) in [6, 6.07) is 0. The van der Waals surface area contributed by atoms with Crippen LogP contribution in [0.2, 0.25) is 0 Å². The summed E-state index contributed by atoms with van der Waals surface area (Å²) in [7, 11) is 0. The summed E-state index contributed by atoms with van der Waals surface area (Å²) in [6.45, 7) is 4.72. The van der Waals surface area contributed by atoms with Crippen molar-refractivity contribution in [3.8, 4) is 0 Å². The molecule has 2 N–H and O–H groups in total. The van der Waals surface area contributed by atoms with Gasteiger partial charge in [0.05, 0.1) is 0 Å². The standard InChI is InChI=1S/C13H17N5O4/c1-4-5-6-17-9-10(15-13(17)22)14-12(16-11(9)21)18(7(2)19)8(3)20/h4-6H2,1-3H3,(H2,14,15,16,21,22). The van der Waals surface area contributed by atoms with Gasteiger partial charge in [-0.2, -0.15) is 4.98 Å². The number of hydrogen-bond donors (Lipinski definition) is 2. The van der Waals surface area contributed by atoms with Gasteiger partial charge in [0, 0.05) is 20.4 Å². The fourth-order valence-electron chi connectivity index (χ4n) is 2.22. The van der Waals surface area contributed by atoms with Crippen LogP contribution in [0.25, 0.3) is 11.2 Å². The lowest BCUT2D eigenvalue weighted by molar-refractivity contribution is -0.124. The lowest BCUT2D eigenvalue weighted by Crippen LogP contribution is -2.36. The number of imidazole rings is 1. The molecule has 0 unspecified atom stereocenters. The first-order valence-electron chi connectivity index (χ1n) is 6.91. The predicted octanol–water partition coefficient (Wildman–Crippen LogP) is 0.112. The first-order valence-corrected chi connectivity index (χ1v) is 6.91. The summed E-state index contributed by atoms with van der Waals surface area (Å²) in [5.41, 5.74) is -0.876. The molecule has 0 aromatic carbocycles. The molecule has 2 aromatic heterocycles. The molecule has 9 nitrogen and oxygen atoms in total. The highest BCUT2D eigenvalue weighted by molar-refractivity contribution is 6.12. The van der Waals surface area contributed by atoms with E-state index in [-0.39, 0.29) is 17.1 Å². The van der Waals surface area contributed by atoms with Gasteiger partial charge in [0.25, 0.3) is 5.56 Å². The van der Waals surface area contributed by atoms with Crippen molar-refractivity contribution in [2.45, 2.75) is 40.2 Å². The van der Waals surface area contributed by atoms with Gasteiger partial charge in [0.2, 0.25) is 17.8 Å². The Labute approximate surface area is 125 Å². The van der Waals surface area contributed by atoms with Crippen LogP contribution in [-0.4, -0.2) is 31.3 Å². The molecule has 118 valence electrons. The summed E-state index contributed by atoms with van der Waals surface area (Å²) >= 11 is 0. The van der Waals surface area contributed by atoms with Crippen LogP contribution in [0.1, 0.15) is 33.6 Å². The van der Waals surface area contributed by atoms with Gasteiger partial charge in [-0.05, 0) is 6.42 Å². The van der Waals surface area contributed by atoms with Gasteiger partial charge in [-0.25, -0.2) is 9.69 Å². The average Bonchev–Trinajstić information content (AvgIpc) is 2.71. The van der Waals surface area contributed by atoms with E-state index in [1.54, 1.807) is 0 Å². The summed E-state index contributed by atoms with van der Waals surface area (Å²) in [4.78, 5) is 56.8. The van der Waals surface area contributed by atoms with Gasteiger partial charge in [0.1, 0.15) is 0 Å². The molecular formula is C13H17N5O4. The zero-order valence-corrected chi connectivity index (χ0v) is 12.6. The van der Waals surface area contributed by atoms with Crippen LogP contribution in [0.15, 0.2) is 9.59 Å². The van der Waals surface area contributed by atoms with Crippen LogP contribution < -0.4 is 16.1 Å². The maximum atomic E-state index is 12.2. The number of H-pyrrole nitrogens is 2. The van der Waals surface area contributed by atoms with Gasteiger partial charge >= 0.3 is 5.69 Å². The Morgan fingerprint density at radius 3 is 2.36 bits per heavy atom. The van der Waals surface area contributed by atoms with Crippen molar-refractivity contribution >= 4 is 28.9 Å². The number of aromatic amines is 2. The van der Waals surface area contributed by atoms with Crippen molar-refractivity contribution in [3.63, 3.8) is 0 Å². The van der Waals surface area contributed by atoms with E-state index in [2.05, 4.69) is 15.0 Å². The normalized spacial score (nSPS) is 10.9. The molecule has 0 fully saturated rings. The molecule has 9 heteroatoms. The van der Waals surface area contributed by atoms with Crippen LogP contribution in [0.3, 0.4) is 0 Å². The molecular weight excluding hydrogens is 290 g/mol. The van der Waals surface area contributed by atoms with Gasteiger partial charge in [-0.1, -0.05) is 13.3 Å². The number of imide groups is 1. The zero-order valence-electron chi connectivity index (χ0n) is 12.6. The van der Waals surface area contributed by atoms with Crippen LogP contribution in [-0.2, 0) is 16.1 Å². The van der Waals surface area contributed by atoms with Crippen molar-refractivity contribution in [2.75, 3.05) is 4.90 Å². The third-order valence-electron chi connectivity index (χ3n) is 3.20. The average molecular weight is 307 g/mol. The van der Waals surface area contributed by atoms with Crippen LogP contribution in [0, 0.1) is 0 Å². The predicted molar refractivity (Wildman–Crippen MR) is 79.7 cm³/mol. The van der Waals surface area contributed by atoms with E-state index in [4.69, 9.17) is 0 Å². The fraction of sp³-hybridized carbons (Fsp3) is 0.462. The van der Waals surface area contributed by atoms with E-state index in [9.17, 15) is 19.2 Å². The molecule has 2 amide bonds. The Kier molecular flexibility index (Phi) is 4.25. The first kappa shape index (κ1) is 15.7. The summed E-state index contributed by atoms with van der Waals surface area (Å²) in [6.07, 6.45) is 1.60. The number of carbonyl (C=O) groups excluding carboxylic acids is 2. The molecule has 2 rings (SSSR count). The number of rotatable bonds is 4. The third-order valence-corrected chi connectivity index (χ3v) is 3.20. The van der Waals surface area contributed by atoms with Crippen molar-refractivity contribution in [1.29, 1.82) is 0 Å². The van der Waals surface area contributed by atoms with E-state index in [1.165, 1.54) is 18.4 Å². The molecule has 0 aliphatic carbocycles. The molecule has 2 heterocycles. The van der Waals surface area contributed by atoms with E-state index in [0.29, 0.717) is 6.54 Å². The molecule has 0 atom stereocenters. The topological polar surface area (TPSA) is 121 Å². The number of nitrogens with zero attached hydrogens (tertiary/aromatic N) is 3. The highest BCUT2D eigenvalue weighted by atomic mass is 16.2. The number of amides is 2. The molecule has 0 saturated carbocycles. The molecule has 22 heavy (non-hydrogen) atoms. The molecule has 0 bridgehead atoms. The number of aryl methyl sites for hydroxylation is 1. The second-order valence-electron chi connectivity index (χ2n) is 4.90. The van der Waals surface area contributed by atoms with Crippen molar-refractivity contribution in [3.05, 3.63) is 20.8 Å². The minimum absolute atomic E-state index is 0.0485. The van der Waals surface area contributed by atoms with Gasteiger partial charge in [0.15, 0.2) is 11.2 Å².